The maximum absolute atomic E-state index is 6.06. The molecule has 0 spiro atoms. The SMILES string of the molecule is CNCc1cc(OCc2cccc(OC)c2)ncc1Cl. The summed E-state index contributed by atoms with van der Waals surface area (Å²) in [5, 5.41) is 3.69. The van der Waals surface area contributed by atoms with Gasteiger partial charge >= 0.3 is 0 Å². The number of ether oxygens (including phenoxy) is 2. The van der Waals surface area contributed by atoms with Gasteiger partial charge in [0.15, 0.2) is 0 Å². The van der Waals surface area contributed by atoms with Gasteiger partial charge in [0, 0.05) is 18.8 Å². The Labute approximate surface area is 123 Å². The average molecular weight is 293 g/mol. The Hall–Kier alpha value is -1.78. The Kier molecular flexibility index (Phi) is 5.21. The number of rotatable bonds is 6. The van der Waals surface area contributed by atoms with Crippen LogP contribution in [0.3, 0.4) is 0 Å². The van der Waals surface area contributed by atoms with Crippen molar-refractivity contribution in [1.29, 1.82) is 0 Å². The van der Waals surface area contributed by atoms with E-state index in [1.165, 1.54) is 0 Å². The molecule has 1 aromatic heterocycles. The van der Waals surface area contributed by atoms with Gasteiger partial charge < -0.3 is 14.8 Å². The standard InChI is InChI=1S/C15H17ClN2O2/c1-17-8-12-7-15(18-9-14(12)16)20-10-11-4-3-5-13(6-11)19-2/h3-7,9,17H,8,10H2,1-2H3. The van der Waals surface area contributed by atoms with Gasteiger partial charge in [0.05, 0.1) is 12.1 Å². The molecule has 2 aromatic rings. The summed E-state index contributed by atoms with van der Waals surface area (Å²) >= 11 is 6.06. The van der Waals surface area contributed by atoms with Gasteiger partial charge in [-0.2, -0.15) is 0 Å². The van der Waals surface area contributed by atoms with Crippen LogP contribution < -0.4 is 14.8 Å². The van der Waals surface area contributed by atoms with Crippen LogP contribution in [0.1, 0.15) is 11.1 Å². The summed E-state index contributed by atoms with van der Waals surface area (Å²) < 4.78 is 10.9. The molecule has 0 unspecified atom stereocenters. The average Bonchev–Trinajstić information content (AvgIpc) is 2.48. The third-order valence-electron chi connectivity index (χ3n) is 2.80. The molecule has 0 fully saturated rings. The maximum atomic E-state index is 6.06. The van der Waals surface area contributed by atoms with Crippen LogP contribution in [0.5, 0.6) is 11.6 Å². The second-order valence-electron chi connectivity index (χ2n) is 4.28. The van der Waals surface area contributed by atoms with Gasteiger partial charge in [-0.15, -0.1) is 0 Å². The number of pyridine rings is 1. The van der Waals surface area contributed by atoms with Crippen LogP contribution in [0.4, 0.5) is 0 Å². The van der Waals surface area contributed by atoms with Crippen molar-refractivity contribution in [2.45, 2.75) is 13.2 Å². The molecule has 4 nitrogen and oxygen atoms in total. The van der Waals surface area contributed by atoms with Gasteiger partial charge in [-0.25, -0.2) is 4.98 Å². The summed E-state index contributed by atoms with van der Waals surface area (Å²) in [6.07, 6.45) is 1.61. The van der Waals surface area contributed by atoms with E-state index in [-0.39, 0.29) is 0 Å². The van der Waals surface area contributed by atoms with Crippen LogP contribution in [-0.2, 0) is 13.2 Å². The van der Waals surface area contributed by atoms with Crippen molar-refractivity contribution in [2.24, 2.45) is 0 Å². The molecule has 0 aliphatic rings. The van der Waals surface area contributed by atoms with Crippen LogP contribution >= 0.6 is 11.6 Å². The first kappa shape index (κ1) is 14.6. The maximum Gasteiger partial charge on any atom is 0.213 e. The lowest BCUT2D eigenvalue weighted by molar-refractivity contribution is 0.292. The lowest BCUT2D eigenvalue weighted by atomic mass is 10.2. The van der Waals surface area contributed by atoms with Crippen molar-refractivity contribution in [3.05, 3.63) is 52.7 Å². The van der Waals surface area contributed by atoms with E-state index in [0.29, 0.717) is 24.1 Å². The third-order valence-corrected chi connectivity index (χ3v) is 3.14. The van der Waals surface area contributed by atoms with Gasteiger partial charge in [0.2, 0.25) is 5.88 Å². The Bertz CT molecular complexity index is 576. The fourth-order valence-corrected chi connectivity index (χ4v) is 1.95. The van der Waals surface area contributed by atoms with Gasteiger partial charge in [0.25, 0.3) is 0 Å². The van der Waals surface area contributed by atoms with Gasteiger partial charge in [-0.05, 0) is 30.3 Å². The van der Waals surface area contributed by atoms with Crippen LogP contribution in [0.2, 0.25) is 5.02 Å². The van der Waals surface area contributed by atoms with Crippen molar-refractivity contribution >= 4 is 11.6 Å². The first-order valence-corrected chi connectivity index (χ1v) is 6.65. The first-order valence-electron chi connectivity index (χ1n) is 6.27. The highest BCUT2D eigenvalue weighted by Gasteiger charge is 2.04. The number of benzene rings is 1. The molecular weight excluding hydrogens is 276 g/mol. The molecule has 106 valence electrons. The van der Waals surface area contributed by atoms with Gasteiger partial charge in [-0.1, -0.05) is 23.7 Å². The van der Waals surface area contributed by atoms with Crippen LogP contribution in [0.15, 0.2) is 36.5 Å². The number of hydrogen-bond acceptors (Lipinski definition) is 4. The number of nitrogens with one attached hydrogen (secondary N) is 1. The lowest BCUT2D eigenvalue weighted by Gasteiger charge is -2.09. The number of methoxy groups -OCH3 is 1. The van der Waals surface area contributed by atoms with Crippen molar-refractivity contribution in [3.8, 4) is 11.6 Å². The molecule has 0 radical (unpaired) electrons. The zero-order valence-electron chi connectivity index (χ0n) is 11.5. The molecule has 1 N–H and O–H groups in total. The van der Waals surface area contributed by atoms with E-state index in [1.54, 1.807) is 13.3 Å². The summed E-state index contributed by atoms with van der Waals surface area (Å²) in [6, 6.07) is 9.59. The molecule has 0 saturated carbocycles. The Balaban J connectivity index is 2.04. The highest BCUT2D eigenvalue weighted by atomic mass is 35.5. The molecular formula is C15H17ClN2O2. The summed E-state index contributed by atoms with van der Waals surface area (Å²) in [7, 11) is 3.51. The fraction of sp³-hybridized carbons (Fsp3) is 0.267. The number of hydrogen-bond donors (Lipinski definition) is 1. The van der Waals surface area contributed by atoms with E-state index in [2.05, 4.69) is 10.3 Å². The van der Waals surface area contributed by atoms with Crippen molar-refractivity contribution in [1.82, 2.24) is 10.3 Å². The van der Waals surface area contributed by atoms with Crippen LogP contribution in [0, 0.1) is 0 Å². The smallest absolute Gasteiger partial charge is 0.213 e. The molecule has 0 bridgehead atoms. The Morgan fingerprint density at radius 2 is 2.15 bits per heavy atom. The second kappa shape index (κ2) is 7.12. The minimum atomic E-state index is 0.435. The molecule has 2 rings (SSSR count). The van der Waals surface area contributed by atoms with Crippen molar-refractivity contribution in [2.75, 3.05) is 14.2 Å². The fourth-order valence-electron chi connectivity index (χ4n) is 1.78. The zero-order chi connectivity index (χ0) is 14.4. The molecule has 0 aliphatic carbocycles. The summed E-state index contributed by atoms with van der Waals surface area (Å²) in [5.74, 6) is 1.37. The number of halogens is 1. The van der Waals surface area contributed by atoms with E-state index in [0.717, 1.165) is 16.9 Å². The van der Waals surface area contributed by atoms with Crippen LogP contribution in [-0.4, -0.2) is 19.1 Å². The minimum Gasteiger partial charge on any atom is -0.497 e. The molecule has 0 atom stereocenters. The predicted molar refractivity (Wildman–Crippen MR) is 79.3 cm³/mol. The first-order chi connectivity index (χ1) is 9.72. The highest BCUT2D eigenvalue weighted by molar-refractivity contribution is 6.31. The quantitative estimate of drug-likeness (QED) is 0.889. The highest BCUT2D eigenvalue weighted by Crippen LogP contribution is 2.20. The zero-order valence-corrected chi connectivity index (χ0v) is 12.3. The summed E-state index contributed by atoms with van der Waals surface area (Å²) in [5.41, 5.74) is 1.99. The monoisotopic (exact) mass is 292 g/mol. The van der Waals surface area contributed by atoms with E-state index >= 15 is 0 Å². The van der Waals surface area contributed by atoms with Gasteiger partial charge in [0.1, 0.15) is 12.4 Å². The predicted octanol–water partition coefficient (Wildman–Crippen LogP) is 3.04. The molecule has 1 aromatic carbocycles. The second-order valence-corrected chi connectivity index (χ2v) is 4.69. The molecule has 0 aliphatic heterocycles. The minimum absolute atomic E-state index is 0.435. The lowest BCUT2D eigenvalue weighted by Crippen LogP contribution is -2.06. The van der Waals surface area contributed by atoms with E-state index < -0.39 is 0 Å². The van der Waals surface area contributed by atoms with E-state index in [1.807, 2.05) is 37.4 Å². The van der Waals surface area contributed by atoms with Gasteiger partial charge in [-0.3, -0.25) is 0 Å². The summed E-state index contributed by atoms with van der Waals surface area (Å²) in [6.45, 7) is 1.11. The van der Waals surface area contributed by atoms with Crippen molar-refractivity contribution < 1.29 is 9.47 Å². The Morgan fingerprint density at radius 3 is 2.90 bits per heavy atom. The van der Waals surface area contributed by atoms with Crippen molar-refractivity contribution in [3.63, 3.8) is 0 Å². The van der Waals surface area contributed by atoms with Crippen LogP contribution in [0.25, 0.3) is 0 Å². The van der Waals surface area contributed by atoms with E-state index in [9.17, 15) is 0 Å². The topological polar surface area (TPSA) is 43.4 Å². The largest absolute Gasteiger partial charge is 0.497 e. The number of nitrogens with zero attached hydrogens (tertiary/aromatic N) is 1. The Morgan fingerprint density at radius 1 is 1.30 bits per heavy atom. The molecule has 5 heteroatoms. The molecule has 1 heterocycles. The van der Waals surface area contributed by atoms with E-state index in [4.69, 9.17) is 21.1 Å². The molecule has 0 amide bonds. The summed E-state index contributed by atoms with van der Waals surface area (Å²) in [4.78, 5) is 4.17. The number of aromatic nitrogens is 1. The normalized spacial score (nSPS) is 10.3. The third kappa shape index (κ3) is 3.85. The molecule has 20 heavy (non-hydrogen) atoms. The molecule has 0 saturated heterocycles.